The highest BCUT2D eigenvalue weighted by molar-refractivity contribution is 6.31. The molecular formula is C17H19ClFNO2. The van der Waals surface area contributed by atoms with Gasteiger partial charge in [0.1, 0.15) is 5.82 Å². The Labute approximate surface area is 134 Å². The molecule has 22 heavy (non-hydrogen) atoms. The predicted molar refractivity (Wildman–Crippen MR) is 86.5 cm³/mol. The summed E-state index contributed by atoms with van der Waals surface area (Å²) >= 11 is 6.14. The molecule has 0 aliphatic rings. The molecule has 0 saturated heterocycles. The summed E-state index contributed by atoms with van der Waals surface area (Å²) in [5, 5.41) is 0.399. The number of nitrogens with two attached hydrogens (primary N) is 1. The number of benzene rings is 2. The standard InChI is InChI=1S/C17H19ClFNO2/c1-21-15-7-6-11(9-16(15)22-2)8-12(10-20)17-13(18)4-3-5-14(17)19/h3-7,9,12H,8,10,20H2,1-2H3. The lowest BCUT2D eigenvalue weighted by molar-refractivity contribution is 0.354. The molecule has 2 aromatic rings. The molecule has 0 fully saturated rings. The van der Waals surface area contributed by atoms with Crippen LogP contribution < -0.4 is 15.2 Å². The molecule has 2 rings (SSSR count). The molecule has 2 aromatic carbocycles. The summed E-state index contributed by atoms with van der Waals surface area (Å²) in [4.78, 5) is 0. The summed E-state index contributed by atoms with van der Waals surface area (Å²) in [7, 11) is 3.16. The van der Waals surface area contributed by atoms with Crippen LogP contribution >= 0.6 is 11.6 Å². The summed E-state index contributed by atoms with van der Waals surface area (Å²) in [5.74, 6) is 0.755. The third-order valence-electron chi connectivity index (χ3n) is 3.62. The van der Waals surface area contributed by atoms with Crippen LogP contribution in [0.5, 0.6) is 11.5 Å². The van der Waals surface area contributed by atoms with Gasteiger partial charge in [0.15, 0.2) is 11.5 Å². The van der Waals surface area contributed by atoms with Crippen LogP contribution in [-0.2, 0) is 6.42 Å². The molecule has 0 bridgehead atoms. The van der Waals surface area contributed by atoms with Crippen molar-refractivity contribution in [3.8, 4) is 11.5 Å². The summed E-state index contributed by atoms with van der Waals surface area (Å²) in [6.07, 6.45) is 0.567. The van der Waals surface area contributed by atoms with Crippen LogP contribution in [0.25, 0.3) is 0 Å². The van der Waals surface area contributed by atoms with Gasteiger partial charge in [-0.25, -0.2) is 4.39 Å². The van der Waals surface area contributed by atoms with Gasteiger partial charge in [-0.15, -0.1) is 0 Å². The Kier molecular flexibility index (Phi) is 5.63. The van der Waals surface area contributed by atoms with Gasteiger partial charge in [-0.1, -0.05) is 23.7 Å². The number of hydrogen-bond donors (Lipinski definition) is 1. The van der Waals surface area contributed by atoms with E-state index in [9.17, 15) is 4.39 Å². The molecule has 1 atom stereocenters. The third kappa shape index (κ3) is 3.51. The van der Waals surface area contributed by atoms with Gasteiger partial charge in [0.2, 0.25) is 0 Å². The Balaban J connectivity index is 2.31. The summed E-state index contributed by atoms with van der Waals surface area (Å²) in [6, 6.07) is 10.3. The molecule has 5 heteroatoms. The van der Waals surface area contributed by atoms with E-state index in [1.165, 1.54) is 6.07 Å². The number of ether oxygens (including phenoxy) is 2. The SMILES string of the molecule is COc1ccc(CC(CN)c2c(F)cccc2Cl)cc1OC. The van der Waals surface area contributed by atoms with E-state index in [0.717, 1.165) is 5.56 Å². The smallest absolute Gasteiger partial charge is 0.160 e. The van der Waals surface area contributed by atoms with Crippen LogP contribution in [0, 0.1) is 5.82 Å². The monoisotopic (exact) mass is 323 g/mol. The second-order valence-electron chi connectivity index (χ2n) is 4.96. The van der Waals surface area contributed by atoms with Gasteiger partial charge in [0.05, 0.1) is 14.2 Å². The van der Waals surface area contributed by atoms with Crippen molar-refractivity contribution in [2.45, 2.75) is 12.3 Å². The summed E-state index contributed by atoms with van der Waals surface area (Å²) in [5.41, 5.74) is 7.27. The Morgan fingerprint density at radius 1 is 1.14 bits per heavy atom. The first-order valence-electron chi connectivity index (χ1n) is 6.95. The average molecular weight is 324 g/mol. The Bertz CT molecular complexity index is 628. The first kappa shape index (κ1) is 16.6. The molecule has 1 unspecified atom stereocenters. The van der Waals surface area contributed by atoms with Crippen molar-refractivity contribution in [1.29, 1.82) is 0 Å². The van der Waals surface area contributed by atoms with E-state index >= 15 is 0 Å². The molecule has 2 N–H and O–H groups in total. The zero-order valence-electron chi connectivity index (χ0n) is 12.6. The van der Waals surface area contributed by atoms with Crippen molar-refractivity contribution < 1.29 is 13.9 Å². The second kappa shape index (κ2) is 7.47. The molecule has 3 nitrogen and oxygen atoms in total. The predicted octanol–water partition coefficient (Wildman–Crippen LogP) is 3.78. The van der Waals surface area contributed by atoms with Gasteiger partial charge in [-0.2, -0.15) is 0 Å². The molecule has 0 aromatic heterocycles. The van der Waals surface area contributed by atoms with Gasteiger partial charge in [-0.05, 0) is 42.8 Å². The molecular weight excluding hydrogens is 305 g/mol. The number of rotatable bonds is 6. The normalized spacial score (nSPS) is 12.0. The van der Waals surface area contributed by atoms with Crippen LogP contribution in [0.3, 0.4) is 0 Å². The highest BCUT2D eigenvalue weighted by atomic mass is 35.5. The maximum absolute atomic E-state index is 14.1. The minimum Gasteiger partial charge on any atom is -0.493 e. The molecule has 0 heterocycles. The molecule has 0 saturated carbocycles. The molecule has 0 radical (unpaired) electrons. The molecule has 0 spiro atoms. The van der Waals surface area contributed by atoms with Crippen LogP contribution in [0.1, 0.15) is 17.0 Å². The Hall–Kier alpha value is -1.78. The molecule has 0 aliphatic carbocycles. The fourth-order valence-corrected chi connectivity index (χ4v) is 2.81. The van der Waals surface area contributed by atoms with E-state index in [1.54, 1.807) is 26.4 Å². The summed E-state index contributed by atoms with van der Waals surface area (Å²) < 4.78 is 24.6. The number of methoxy groups -OCH3 is 2. The molecule has 0 amide bonds. The maximum Gasteiger partial charge on any atom is 0.160 e. The van der Waals surface area contributed by atoms with Gasteiger partial charge in [0.25, 0.3) is 0 Å². The summed E-state index contributed by atoms with van der Waals surface area (Å²) in [6.45, 7) is 0.301. The van der Waals surface area contributed by atoms with Crippen molar-refractivity contribution >= 4 is 11.6 Å². The zero-order chi connectivity index (χ0) is 16.1. The highest BCUT2D eigenvalue weighted by Crippen LogP contribution is 2.32. The van der Waals surface area contributed by atoms with Gasteiger partial charge in [0, 0.05) is 16.5 Å². The third-order valence-corrected chi connectivity index (χ3v) is 3.95. The zero-order valence-corrected chi connectivity index (χ0v) is 13.4. The average Bonchev–Trinajstić information content (AvgIpc) is 2.53. The Morgan fingerprint density at radius 2 is 1.86 bits per heavy atom. The van der Waals surface area contributed by atoms with E-state index in [0.29, 0.717) is 35.1 Å². The minimum absolute atomic E-state index is 0.202. The van der Waals surface area contributed by atoms with Crippen LogP contribution in [0.15, 0.2) is 36.4 Å². The first-order chi connectivity index (χ1) is 10.6. The first-order valence-corrected chi connectivity index (χ1v) is 7.33. The maximum atomic E-state index is 14.1. The fourth-order valence-electron chi connectivity index (χ4n) is 2.50. The van der Waals surface area contributed by atoms with E-state index in [2.05, 4.69) is 0 Å². The van der Waals surface area contributed by atoms with E-state index in [4.69, 9.17) is 26.8 Å². The Morgan fingerprint density at radius 3 is 2.45 bits per heavy atom. The van der Waals surface area contributed by atoms with Crippen molar-refractivity contribution in [3.63, 3.8) is 0 Å². The minimum atomic E-state index is -0.330. The van der Waals surface area contributed by atoms with E-state index < -0.39 is 0 Å². The lowest BCUT2D eigenvalue weighted by Gasteiger charge is -2.18. The largest absolute Gasteiger partial charge is 0.493 e. The topological polar surface area (TPSA) is 44.5 Å². The van der Waals surface area contributed by atoms with Crippen LogP contribution in [0.2, 0.25) is 5.02 Å². The number of hydrogen-bond acceptors (Lipinski definition) is 3. The van der Waals surface area contributed by atoms with Crippen molar-refractivity contribution in [2.75, 3.05) is 20.8 Å². The van der Waals surface area contributed by atoms with Crippen LogP contribution in [0.4, 0.5) is 4.39 Å². The molecule has 118 valence electrons. The quantitative estimate of drug-likeness (QED) is 0.880. The van der Waals surface area contributed by atoms with Gasteiger partial charge >= 0.3 is 0 Å². The second-order valence-corrected chi connectivity index (χ2v) is 5.37. The van der Waals surface area contributed by atoms with Crippen molar-refractivity contribution in [2.24, 2.45) is 5.73 Å². The van der Waals surface area contributed by atoms with Crippen molar-refractivity contribution in [3.05, 3.63) is 58.4 Å². The molecule has 0 aliphatic heterocycles. The van der Waals surface area contributed by atoms with E-state index in [1.807, 2.05) is 18.2 Å². The highest BCUT2D eigenvalue weighted by Gasteiger charge is 2.19. The van der Waals surface area contributed by atoms with Gasteiger partial charge < -0.3 is 15.2 Å². The fraction of sp³-hybridized carbons (Fsp3) is 0.294. The van der Waals surface area contributed by atoms with Gasteiger partial charge in [-0.3, -0.25) is 0 Å². The van der Waals surface area contributed by atoms with Crippen molar-refractivity contribution in [1.82, 2.24) is 0 Å². The number of halogens is 2. The lowest BCUT2D eigenvalue weighted by atomic mass is 9.91. The lowest BCUT2D eigenvalue weighted by Crippen LogP contribution is -2.17. The van der Waals surface area contributed by atoms with Crippen LogP contribution in [-0.4, -0.2) is 20.8 Å². The van der Waals surface area contributed by atoms with E-state index in [-0.39, 0.29) is 11.7 Å².